The van der Waals surface area contributed by atoms with Gasteiger partial charge in [-0.1, -0.05) is 31.3 Å². The zero-order valence-corrected chi connectivity index (χ0v) is 9.98. The van der Waals surface area contributed by atoms with Gasteiger partial charge in [-0.25, -0.2) is 0 Å². The van der Waals surface area contributed by atoms with Gasteiger partial charge in [-0.05, 0) is 19.3 Å². The van der Waals surface area contributed by atoms with Crippen molar-refractivity contribution in [2.24, 2.45) is 5.73 Å². The Kier molecular flexibility index (Phi) is 3.93. The molecule has 0 aromatic carbocycles. The van der Waals surface area contributed by atoms with E-state index in [4.69, 9.17) is 10.3 Å². The van der Waals surface area contributed by atoms with Gasteiger partial charge in [0.05, 0.1) is 0 Å². The summed E-state index contributed by atoms with van der Waals surface area (Å²) in [6.07, 6.45) is 8.00. The highest BCUT2D eigenvalue weighted by Gasteiger charge is 2.21. The molecule has 1 heterocycles. The highest BCUT2D eigenvalue weighted by Crippen LogP contribution is 2.30. The zero-order chi connectivity index (χ0) is 11.4. The van der Waals surface area contributed by atoms with Gasteiger partial charge in [0.2, 0.25) is 5.89 Å². The zero-order valence-electron chi connectivity index (χ0n) is 9.98. The van der Waals surface area contributed by atoms with E-state index in [9.17, 15) is 0 Å². The number of nitrogens with zero attached hydrogens (tertiary/aromatic N) is 2. The third kappa shape index (κ3) is 2.82. The summed E-state index contributed by atoms with van der Waals surface area (Å²) in [5, 5.41) is 4.09. The minimum Gasteiger partial charge on any atom is -0.339 e. The molecule has 0 spiro atoms. The van der Waals surface area contributed by atoms with Gasteiger partial charge in [0.1, 0.15) is 0 Å². The van der Waals surface area contributed by atoms with Gasteiger partial charge in [0.15, 0.2) is 5.82 Å². The number of hydrogen-bond donors (Lipinski definition) is 1. The van der Waals surface area contributed by atoms with Crippen molar-refractivity contribution in [1.29, 1.82) is 0 Å². The van der Waals surface area contributed by atoms with E-state index in [0.29, 0.717) is 18.2 Å². The van der Waals surface area contributed by atoms with Crippen molar-refractivity contribution in [3.63, 3.8) is 0 Å². The summed E-state index contributed by atoms with van der Waals surface area (Å²) in [7, 11) is 0. The van der Waals surface area contributed by atoms with Crippen molar-refractivity contribution in [1.82, 2.24) is 10.1 Å². The smallest absolute Gasteiger partial charge is 0.228 e. The Hall–Kier alpha value is -0.900. The Balaban J connectivity index is 1.95. The lowest BCUT2D eigenvalue weighted by Gasteiger charge is -2.17. The second-order valence-electron chi connectivity index (χ2n) is 4.75. The Morgan fingerprint density at radius 2 is 2.12 bits per heavy atom. The molecule has 16 heavy (non-hydrogen) atoms. The van der Waals surface area contributed by atoms with Crippen LogP contribution in [0.15, 0.2) is 4.52 Å². The molecular formula is C12H21N3O. The molecule has 1 atom stereocenters. The fourth-order valence-corrected chi connectivity index (χ4v) is 2.25. The second kappa shape index (κ2) is 5.43. The average molecular weight is 223 g/mol. The molecule has 2 N–H and O–H groups in total. The third-order valence-electron chi connectivity index (χ3n) is 3.42. The fourth-order valence-electron chi connectivity index (χ4n) is 2.25. The van der Waals surface area contributed by atoms with E-state index in [-0.39, 0.29) is 6.04 Å². The maximum absolute atomic E-state index is 5.86. The summed E-state index contributed by atoms with van der Waals surface area (Å²) in [5.74, 6) is 2.12. The van der Waals surface area contributed by atoms with E-state index < -0.39 is 0 Å². The van der Waals surface area contributed by atoms with Crippen LogP contribution in [0.1, 0.15) is 63.1 Å². The molecule has 0 aliphatic heterocycles. The first-order valence-corrected chi connectivity index (χ1v) is 6.37. The average Bonchev–Trinajstić information content (AvgIpc) is 2.78. The molecule has 1 aliphatic carbocycles. The van der Waals surface area contributed by atoms with Crippen LogP contribution in [0.25, 0.3) is 0 Å². The Labute approximate surface area is 96.6 Å². The minimum absolute atomic E-state index is 0.139. The largest absolute Gasteiger partial charge is 0.339 e. The molecule has 0 amide bonds. The van der Waals surface area contributed by atoms with Crippen molar-refractivity contribution in [3.05, 3.63) is 11.7 Å². The Morgan fingerprint density at radius 1 is 1.38 bits per heavy atom. The summed E-state index contributed by atoms with van der Waals surface area (Å²) >= 11 is 0. The quantitative estimate of drug-likeness (QED) is 0.851. The topological polar surface area (TPSA) is 64.9 Å². The standard InChI is InChI=1S/C12H21N3O/c1-2-10(13)8-11-14-12(15-16-11)9-6-4-3-5-7-9/h9-10H,2-8,13H2,1H3. The molecule has 1 unspecified atom stereocenters. The van der Waals surface area contributed by atoms with Crippen LogP contribution in [-0.4, -0.2) is 16.2 Å². The van der Waals surface area contributed by atoms with E-state index >= 15 is 0 Å². The molecule has 0 radical (unpaired) electrons. The fraction of sp³-hybridized carbons (Fsp3) is 0.833. The van der Waals surface area contributed by atoms with E-state index in [2.05, 4.69) is 17.1 Å². The summed E-state index contributed by atoms with van der Waals surface area (Å²) in [6.45, 7) is 2.07. The van der Waals surface area contributed by atoms with Crippen LogP contribution in [-0.2, 0) is 6.42 Å². The van der Waals surface area contributed by atoms with Gasteiger partial charge in [-0.15, -0.1) is 0 Å². The van der Waals surface area contributed by atoms with Crippen LogP contribution in [0.2, 0.25) is 0 Å². The lowest BCUT2D eigenvalue weighted by atomic mass is 9.89. The van der Waals surface area contributed by atoms with Gasteiger partial charge in [-0.2, -0.15) is 4.98 Å². The van der Waals surface area contributed by atoms with E-state index in [1.54, 1.807) is 0 Å². The van der Waals surface area contributed by atoms with Crippen molar-refractivity contribution in [3.8, 4) is 0 Å². The number of nitrogens with two attached hydrogens (primary N) is 1. The van der Waals surface area contributed by atoms with E-state index in [1.165, 1.54) is 32.1 Å². The van der Waals surface area contributed by atoms with Crippen LogP contribution in [0.5, 0.6) is 0 Å². The third-order valence-corrected chi connectivity index (χ3v) is 3.42. The molecule has 1 aliphatic rings. The first-order valence-electron chi connectivity index (χ1n) is 6.37. The second-order valence-corrected chi connectivity index (χ2v) is 4.75. The molecule has 4 heteroatoms. The molecule has 1 fully saturated rings. The van der Waals surface area contributed by atoms with Crippen LogP contribution in [0.3, 0.4) is 0 Å². The lowest BCUT2D eigenvalue weighted by molar-refractivity contribution is 0.351. The Morgan fingerprint density at radius 3 is 2.81 bits per heavy atom. The Bertz CT molecular complexity index is 318. The first kappa shape index (κ1) is 11.6. The minimum atomic E-state index is 0.139. The number of hydrogen-bond acceptors (Lipinski definition) is 4. The summed E-state index contributed by atoms with van der Waals surface area (Å²) in [6, 6.07) is 0.139. The SMILES string of the molecule is CCC(N)Cc1nc(C2CCCCC2)no1. The van der Waals surface area contributed by atoms with Gasteiger partial charge in [0, 0.05) is 18.4 Å². The van der Waals surface area contributed by atoms with Gasteiger partial charge >= 0.3 is 0 Å². The highest BCUT2D eigenvalue weighted by atomic mass is 16.5. The van der Waals surface area contributed by atoms with Crippen molar-refractivity contribution in [2.45, 2.75) is 63.8 Å². The van der Waals surface area contributed by atoms with Crippen molar-refractivity contribution >= 4 is 0 Å². The summed E-state index contributed by atoms with van der Waals surface area (Å²) in [5.41, 5.74) is 5.86. The maximum atomic E-state index is 5.86. The van der Waals surface area contributed by atoms with Crippen LogP contribution in [0.4, 0.5) is 0 Å². The molecule has 1 aromatic heterocycles. The molecule has 0 bridgehead atoms. The highest BCUT2D eigenvalue weighted by molar-refractivity contribution is 4.97. The molecule has 2 rings (SSSR count). The van der Waals surface area contributed by atoms with Crippen LogP contribution in [0, 0.1) is 0 Å². The van der Waals surface area contributed by atoms with E-state index in [1.807, 2.05) is 0 Å². The monoisotopic (exact) mass is 223 g/mol. The number of rotatable bonds is 4. The van der Waals surface area contributed by atoms with Crippen LogP contribution < -0.4 is 5.73 Å². The van der Waals surface area contributed by atoms with Crippen molar-refractivity contribution < 1.29 is 4.52 Å². The first-order chi connectivity index (χ1) is 7.79. The van der Waals surface area contributed by atoms with Crippen molar-refractivity contribution in [2.75, 3.05) is 0 Å². The molecule has 1 aromatic rings. The van der Waals surface area contributed by atoms with Crippen LogP contribution >= 0.6 is 0 Å². The molecule has 1 saturated carbocycles. The molecule has 0 saturated heterocycles. The van der Waals surface area contributed by atoms with E-state index in [0.717, 1.165) is 12.2 Å². The van der Waals surface area contributed by atoms with Gasteiger partial charge < -0.3 is 10.3 Å². The van der Waals surface area contributed by atoms with Gasteiger partial charge in [-0.3, -0.25) is 0 Å². The lowest BCUT2D eigenvalue weighted by Crippen LogP contribution is -2.21. The summed E-state index contributed by atoms with van der Waals surface area (Å²) in [4.78, 5) is 4.46. The number of aromatic nitrogens is 2. The predicted molar refractivity (Wildman–Crippen MR) is 62.1 cm³/mol. The molecule has 4 nitrogen and oxygen atoms in total. The predicted octanol–water partition coefficient (Wildman–Crippen LogP) is 2.40. The maximum Gasteiger partial charge on any atom is 0.228 e. The normalized spacial score (nSPS) is 19.9. The van der Waals surface area contributed by atoms with Gasteiger partial charge in [0.25, 0.3) is 0 Å². The molecular weight excluding hydrogens is 202 g/mol. The molecule has 90 valence electrons. The summed E-state index contributed by atoms with van der Waals surface area (Å²) < 4.78 is 5.25.